The first-order valence-electron chi connectivity index (χ1n) is 8.73. The van der Waals surface area contributed by atoms with Crippen LogP contribution in [0.1, 0.15) is 32.2 Å². The highest BCUT2D eigenvalue weighted by Gasteiger charge is 2.21. The van der Waals surface area contributed by atoms with Crippen molar-refractivity contribution in [2.75, 3.05) is 25.5 Å². The van der Waals surface area contributed by atoms with Crippen LogP contribution >= 0.6 is 0 Å². The van der Waals surface area contributed by atoms with E-state index in [9.17, 15) is 4.39 Å². The van der Waals surface area contributed by atoms with Crippen LogP contribution in [0.3, 0.4) is 0 Å². The minimum atomic E-state index is -0.205. The number of hydrogen-bond acceptors (Lipinski definition) is 5. The fourth-order valence-electron chi connectivity index (χ4n) is 2.71. The fraction of sp³-hybridized carbons (Fsp3) is 0.421. The van der Waals surface area contributed by atoms with Crippen molar-refractivity contribution < 1.29 is 4.39 Å². The molecule has 2 aromatic heterocycles. The molecule has 6 nitrogen and oxygen atoms in total. The number of anilines is 1. The Kier molecular flexibility index (Phi) is 5.18. The van der Waals surface area contributed by atoms with E-state index in [-0.39, 0.29) is 11.2 Å². The molecule has 0 aliphatic carbocycles. The number of nitrogens with zero attached hydrogens (tertiary/aromatic N) is 5. The summed E-state index contributed by atoms with van der Waals surface area (Å²) in [5.74, 6) is 1.42. The van der Waals surface area contributed by atoms with E-state index < -0.39 is 0 Å². The van der Waals surface area contributed by atoms with Crippen LogP contribution in [0.4, 0.5) is 10.2 Å². The standard InChI is InChI=1S/C19H25FN6/c1-19(2,3)18-23-22-17-10-9-16(24-26(17)18)21-11-12-25(4)13-14-5-7-15(20)8-6-14/h5-10H,11-13H2,1-4H3,(H,21,24). The van der Waals surface area contributed by atoms with Crippen LogP contribution in [0, 0.1) is 5.82 Å². The Labute approximate surface area is 153 Å². The Morgan fingerprint density at radius 1 is 1.08 bits per heavy atom. The van der Waals surface area contributed by atoms with Crippen LogP contribution in [0.25, 0.3) is 5.65 Å². The minimum absolute atomic E-state index is 0.125. The summed E-state index contributed by atoms with van der Waals surface area (Å²) >= 11 is 0. The highest BCUT2D eigenvalue weighted by atomic mass is 19.1. The zero-order chi connectivity index (χ0) is 18.7. The molecule has 2 heterocycles. The van der Waals surface area contributed by atoms with E-state index in [0.29, 0.717) is 0 Å². The van der Waals surface area contributed by atoms with Gasteiger partial charge in [0.05, 0.1) is 0 Å². The van der Waals surface area contributed by atoms with E-state index in [0.717, 1.165) is 42.5 Å². The molecule has 0 aliphatic heterocycles. The van der Waals surface area contributed by atoms with Gasteiger partial charge in [0.25, 0.3) is 0 Å². The summed E-state index contributed by atoms with van der Waals surface area (Å²) in [6.07, 6.45) is 0. The molecule has 3 rings (SSSR count). The van der Waals surface area contributed by atoms with Crippen molar-refractivity contribution in [2.45, 2.75) is 32.7 Å². The third-order valence-electron chi connectivity index (χ3n) is 4.10. The molecule has 1 aromatic carbocycles. The molecule has 0 saturated carbocycles. The lowest BCUT2D eigenvalue weighted by Gasteiger charge is -2.18. The minimum Gasteiger partial charge on any atom is -0.367 e. The van der Waals surface area contributed by atoms with Crippen molar-refractivity contribution in [3.05, 3.63) is 53.6 Å². The lowest BCUT2D eigenvalue weighted by Crippen LogP contribution is -2.25. The van der Waals surface area contributed by atoms with Crippen LogP contribution in [0.2, 0.25) is 0 Å². The summed E-state index contributed by atoms with van der Waals surface area (Å²) in [5, 5.41) is 16.4. The fourth-order valence-corrected chi connectivity index (χ4v) is 2.71. The molecular weight excluding hydrogens is 331 g/mol. The first kappa shape index (κ1) is 18.3. The molecule has 7 heteroatoms. The zero-order valence-corrected chi connectivity index (χ0v) is 15.7. The van der Waals surface area contributed by atoms with Gasteiger partial charge in [0.15, 0.2) is 11.5 Å². The number of benzene rings is 1. The molecule has 0 fully saturated rings. The third-order valence-corrected chi connectivity index (χ3v) is 4.10. The van der Waals surface area contributed by atoms with Gasteiger partial charge in [0.2, 0.25) is 0 Å². The number of fused-ring (bicyclic) bond motifs is 1. The third kappa shape index (κ3) is 4.35. The van der Waals surface area contributed by atoms with Crippen LogP contribution in [-0.2, 0) is 12.0 Å². The first-order valence-corrected chi connectivity index (χ1v) is 8.73. The summed E-state index contributed by atoms with van der Waals surface area (Å²) in [6.45, 7) is 8.64. The Balaban J connectivity index is 1.58. The first-order chi connectivity index (χ1) is 12.3. The van der Waals surface area contributed by atoms with Gasteiger partial charge in [-0.2, -0.15) is 4.52 Å². The van der Waals surface area contributed by atoms with Crippen molar-refractivity contribution in [3.63, 3.8) is 0 Å². The Morgan fingerprint density at radius 3 is 2.50 bits per heavy atom. The quantitative estimate of drug-likeness (QED) is 0.735. The molecule has 1 N–H and O–H groups in total. The van der Waals surface area contributed by atoms with Crippen molar-refractivity contribution in [1.29, 1.82) is 0 Å². The maximum absolute atomic E-state index is 13.0. The number of aromatic nitrogens is 4. The summed E-state index contributed by atoms with van der Waals surface area (Å²) in [6, 6.07) is 10.4. The van der Waals surface area contributed by atoms with E-state index in [1.165, 1.54) is 12.1 Å². The Hall–Kier alpha value is -2.54. The van der Waals surface area contributed by atoms with E-state index in [2.05, 4.69) is 46.3 Å². The molecule has 0 spiro atoms. The molecule has 138 valence electrons. The summed E-state index contributed by atoms with van der Waals surface area (Å²) in [5.41, 5.74) is 1.71. The van der Waals surface area contributed by atoms with Crippen molar-refractivity contribution >= 4 is 11.5 Å². The van der Waals surface area contributed by atoms with Crippen LogP contribution < -0.4 is 5.32 Å². The van der Waals surface area contributed by atoms with Gasteiger partial charge in [0.1, 0.15) is 11.6 Å². The van der Waals surface area contributed by atoms with Crippen molar-refractivity contribution in [2.24, 2.45) is 0 Å². The molecule has 26 heavy (non-hydrogen) atoms. The van der Waals surface area contributed by atoms with E-state index in [4.69, 9.17) is 0 Å². The van der Waals surface area contributed by atoms with E-state index in [1.54, 1.807) is 4.52 Å². The maximum atomic E-state index is 13.0. The van der Waals surface area contributed by atoms with E-state index in [1.807, 2.05) is 31.3 Å². The van der Waals surface area contributed by atoms with E-state index >= 15 is 0 Å². The molecule has 3 aromatic rings. The molecular formula is C19H25FN6. The zero-order valence-electron chi connectivity index (χ0n) is 15.7. The Bertz CT molecular complexity index is 866. The van der Waals surface area contributed by atoms with Gasteiger partial charge in [-0.05, 0) is 36.9 Å². The van der Waals surface area contributed by atoms with Gasteiger partial charge in [-0.25, -0.2) is 4.39 Å². The highest BCUT2D eigenvalue weighted by molar-refractivity contribution is 5.44. The number of nitrogens with one attached hydrogen (secondary N) is 1. The van der Waals surface area contributed by atoms with Crippen LogP contribution in [0.15, 0.2) is 36.4 Å². The maximum Gasteiger partial charge on any atom is 0.178 e. The summed E-state index contributed by atoms with van der Waals surface area (Å²) in [4.78, 5) is 2.18. The van der Waals surface area contributed by atoms with Gasteiger partial charge in [0, 0.05) is 25.0 Å². The van der Waals surface area contributed by atoms with Crippen LogP contribution in [0.5, 0.6) is 0 Å². The number of hydrogen-bond donors (Lipinski definition) is 1. The number of halogens is 1. The van der Waals surface area contributed by atoms with Gasteiger partial charge < -0.3 is 10.2 Å². The topological polar surface area (TPSA) is 58.3 Å². The van der Waals surface area contributed by atoms with Crippen molar-refractivity contribution in [1.82, 2.24) is 24.7 Å². The summed E-state index contributed by atoms with van der Waals surface area (Å²) < 4.78 is 14.8. The highest BCUT2D eigenvalue weighted by Crippen LogP contribution is 2.20. The predicted molar refractivity (Wildman–Crippen MR) is 101 cm³/mol. The molecule has 0 bridgehead atoms. The molecule has 0 unspecified atom stereocenters. The Morgan fingerprint density at radius 2 is 1.81 bits per heavy atom. The lowest BCUT2D eigenvalue weighted by molar-refractivity contribution is 0.339. The number of rotatable bonds is 6. The second kappa shape index (κ2) is 7.37. The van der Waals surface area contributed by atoms with Crippen LogP contribution in [-0.4, -0.2) is 44.8 Å². The average Bonchev–Trinajstić information content (AvgIpc) is 3.00. The van der Waals surface area contributed by atoms with Gasteiger partial charge in [-0.3, -0.25) is 0 Å². The molecule has 0 aliphatic rings. The molecule has 0 amide bonds. The molecule has 0 radical (unpaired) electrons. The molecule has 0 saturated heterocycles. The van der Waals surface area contributed by atoms with Gasteiger partial charge in [-0.15, -0.1) is 15.3 Å². The smallest absolute Gasteiger partial charge is 0.178 e. The molecule has 0 atom stereocenters. The second-order valence-corrected chi connectivity index (χ2v) is 7.55. The summed E-state index contributed by atoms with van der Waals surface area (Å²) in [7, 11) is 2.04. The SMILES string of the molecule is CN(CCNc1ccc2nnc(C(C)(C)C)n2n1)Cc1ccc(F)cc1. The lowest BCUT2D eigenvalue weighted by atomic mass is 9.96. The van der Waals surface area contributed by atoms with Gasteiger partial charge in [-0.1, -0.05) is 32.9 Å². The largest absolute Gasteiger partial charge is 0.367 e. The average molecular weight is 356 g/mol. The second-order valence-electron chi connectivity index (χ2n) is 7.55. The number of likely N-dealkylation sites (N-methyl/N-ethyl adjacent to an activating group) is 1. The van der Waals surface area contributed by atoms with Gasteiger partial charge >= 0.3 is 0 Å². The van der Waals surface area contributed by atoms with Crippen molar-refractivity contribution in [3.8, 4) is 0 Å². The predicted octanol–water partition coefficient (Wildman–Crippen LogP) is 3.10. The monoisotopic (exact) mass is 356 g/mol. The normalized spacial score (nSPS) is 12.1.